The molecule has 0 N–H and O–H groups in total. The summed E-state index contributed by atoms with van der Waals surface area (Å²) in [5, 5.41) is 4.43. The van der Waals surface area contributed by atoms with Gasteiger partial charge in [0.25, 0.3) is 0 Å². The predicted octanol–water partition coefficient (Wildman–Crippen LogP) is 5.17. The van der Waals surface area contributed by atoms with Gasteiger partial charge in [-0.05, 0) is 0 Å². The molecule has 0 atom stereocenters. The standard InChI is InChI=1S/C12H15Si.3ClH.Ti/c1-13(2,3)12-9-8-10-6-4-5-7-11(10)12;;;;/h4-9H,1-3H3;3*1H;/q-1;;;;+4/p-3. The number of fused-ring (bicyclic) bond motifs is 1. The second-order valence-electron chi connectivity index (χ2n) is 4.80. The number of rotatable bonds is 1. The van der Waals surface area contributed by atoms with E-state index in [1.54, 1.807) is 5.19 Å². The van der Waals surface area contributed by atoms with Crippen molar-refractivity contribution in [3.05, 3.63) is 36.4 Å². The Morgan fingerprint density at radius 3 is 2.06 bits per heavy atom. The van der Waals surface area contributed by atoms with Crippen LogP contribution in [0.15, 0.2) is 36.4 Å². The zero-order valence-corrected chi connectivity index (χ0v) is 14.9. The summed E-state index contributed by atoms with van der Waals surface area (Å²) in [4.78, 5) is 0. The van der Waals surface area contributed by atoms with E-state index in [2.05, 4.69) is 56.0 Å². The van der Waals surface area contributed by atoms with Gasteiger partial charge in [-0.25, -0.2) is 0 Å². The van der Waals surface area contributed by atoms with Gasteiger partial charge in [0.05, 0.1) is 0 Å². The molecule has 0 aliphatic heterocycles. The summed E-state index contributed by atoms with van der Waals surface area (Å²) >= 11 is -1.92. The van der Waals surface area contributed by atoms with Crippen molar-refractivity contribution < 1.29 is 14.7 Å². The van der Waals surface area contributed by atoms with Gasteiger partial charge in [-0.1, -0.05) is 25.7 Å². The van der Waals surface area contributed by atoms with Crippen molar-refractivity contribution in [2.75, 3.05) is 0 Å². The van der Waals surface area contributed by atoms with Gasteiger partial charge in [0, 0.05) is 8.07 Å². The van der Waals surface area contributed by atoms with Crippen LogP contribution >= 0.6 is 27.9 Å². The van der Waals surface area contributed by atoms with E-state index < -0.39 is 22.8 Å². The molecule has 2 rings (SSSR count). The van der Waals surface area contributed by atoms with E-state index in [1.165, 1.54) is 10.8 Å². The Bertz CT molecular complexity index is 471. The van der Waals surface area contributed by atoms with Crippen LogP contribution in [0.4, 0.5) is 0 Å². The van der Waals surface area contributed by atoms with Gasteiger partial charge in [-0.2, -0.15) is 12.1 Å². The molecular weight excluding hydrogens is 326 g/mol. The van der Waals surface area contributed by atoms with Crippen molar-refractivity contribution in [1.29, 1.82) is 0 Å². The van der Waals surface area contributed by atoms with Crippen LogP contribution in [0.5, 0.6) is 0 Å². The van der Waals surface area contributed by atoms with Crippen LogP contribution in [0, 0.1) is 0 Å². The number of halogens is 3. The first-order valence-corrected chi connectivity index (χ1v) is 15.3. The van der Waals surface area contributed by atoms with Crippen LogP contribution in [0.2, 0.25) is 19.6 Å². The molecule has 0 radical (unpaired) electrons. The molecule has 0 aromatic heterocycles. The molecule has 0 saturated carbocycles. The summed E-state index contributed by atoms with van der Waals surface area (Å²) in [6.45, 7) is 7.19. The molecular formula is C12H15Cl3SiTi. The third-order valence-corrected chi connectivity index (χ3v) is 4.54. The molecule has 2 aromatic carbocycles. The third kappa shape index (κ3) is 5.02. The molecule has 0 spiro atoms. The molecule has 0 unspecified atom stereocenters. The first kappa shape index (κ1) is 15.7. The van der Waals surface area contributed by atoms with E-state index in [9.17, 15) is 0 Å². The third-order valence-electron chi connectivity index (χ3n) is 2.49. The van der Waals surface area contributed by atoms with Gasteiger partial charge in [-0.15, -0.1) is 34.2 Å². The van der Waals surface area contributed by atoms with Gasteiger partial charge in [0.15, 0.2) is 0 Å². The Morgan fingerprint density at radius 2 is 1.53 bits per heavy atom. The van der Waals surface area contributed by atoms with Crippen LogP contribution in [-0.2, 0) is 14.7 Å². The summed E-state index contributed by atoms with van der Waals surface area (Å²) in [5.74, 6) is 0. The molecule has 0 saturated heterocycles. The van der Waals surface area contributed by atoms with E-state index in [0.717, 1.165) is 0 Å². The minimum atomic E-state index is -1.92. The Kier molecular flexibility index (Phi) is 6.18. The van der Waals surface area contributed by atoms with E-state index in [1.807, 2.05) is 0 Å². The van der Waals surface area contributed by atoms with Crippen LogP contribution < -0.4 is 5.19 Å². The fourth-order valence-electron chi connectivity index (χ4n) is 1.80. The zero-order chi connectivity index (χ0) is 13.1. The monoisotopic (exact) mass is 340 g/mol. The Labute approximate surface area is 122 Å². The van der Waals surface area contributed by atoms with Crippen molar-refractivity contribution in [2.45, 2.75) is 19.6 Å². The summed E-state index contributed by atoms with van der Waals surface area (Å²) in [7, 11) is 13.8. The van der Waals surface area contributed by atoms with E-state index >= 15 is 0 Å². The maximum absolute atomic E-state index is 4.97. The van der Waals surface area contributed by atoms with Crippen molar-refractivity contribution in [3.63, 3.8) is 0 Å². The molecule has 0 nitrogen and oxygen atoms in total. The first-order valence-electron chi connectivity index (χ1n) is 5.30. The Balaban J connectivity index is 0.000000317. The molecule has 0 aliphatic rings. The number of benzene rings is 1. The number of hydrogen-bond donors (Lipinski definition) is 0. The normalized spacial score (nSPS) is 10.9. The summed E-state index contributed by atoms with van der Waals surface area (Å²) in [5.41, 5.74) is 0. The first-order chi connectivity index (χ1) is 7.82. The molecule has 0 heterocycles. The van der Waals surface area contributed by atoms with Gasteiger partial charge >= 0.3 is 42.6 Å². The van der Waals surface area contributed by atoms with Gasteiger partial charge < -0.3 is 0 Å². The van der Waals surface area contributed by atoms with E-state index in [4.69, 9.17) is 27.9 Å². The van der Waals surface area contributed by atoms with E-state index in [-0.39, 0.29) is 0 Å². The topological polar surface area (TPSA) is 0 Å². The van der Waals surface area contributed by atoms with E-state index in [0.29, 0.717) is 0 Å². The average molecular weight is 342 g/mol. The zero-order valence-electron chi connectivity index (χ0n) is 10.1. The quantitative estimate of drug-likeness (QED) is 0.496. The fraction of sp³-hybridized carbons (Fsp3) is 0.250. The summed E-state index contributed by atoms with van der Waals surface area (Å²) < 4.78 is 0. The van der Waals surface area contributed by atoms with Gasteiger partial charge in [0.1, 0.15) is 0 Å². The molecule has 0 bridgehead atoms. The Hall–Kier alpha value is 0.631. The molecule has 2 aromatic rings. The summed E-state index contributed by atoms with van der Waals surface area (Å²) in [6.07, 6.45) is 0. The second kappa shape index (κ2) is 6.70. The number of hydrogen-bond acceptors (Lipinski definition) is 0. The van der Waals surface area contributed by atoms with Crippen LogP contribution in [0.1, 0.15) is 0 Å². The molecule has 0 amide bonds. The SMILES string of the molecule is C[Si](C)(C)[c-]1ccc2ccccc21.[Cl][Ti+]([Cl])[Cl]. The van der Waals surface area contributed by atoms with Crippen molar-refractivity contribution in [3.8, 4) is 0 Å². The minimum absolute atomic E-state index is 1.15. The second-order valence-corrected chi connectivity index (χ2v) is 17.6. The van der Waals surface area contributed by atoms with Crippen molar-refractivity contribution in [2.24, 2.45) is 0 Å². The van der Waals surface area contributed by atoms with Gasteiger partial charge in [0.2, 0.25) is 0 Å². The van der Waals surface area contributed by atoms with Crippen LogP contribution in [0.25, 0.3) is 10.8 Å². The molecule has 17 heavy (non-hydrogen) atoms. The fourth-order valence-corrected chi connectivity index (χ4v) is 3.42. The molecule has 5 heteroatoms. The van der Waals surface area contributed by atoms with Crippen LogP contribution in [0.3, 0.4) is 0 Å². The molecule has 0 fully saturated rings. The molecule has 0 aliphatic carbocycles. The van der Waals surface area contributed by atoms with Crippen molar-refractivity contribution >= 4 is 51.9 Å². The summed E-state index contributed by atoms with van der Waals surface area (Å²) in [6, 6.07) is 13.2. The maximum atomic E-state index is 4.97. The van der Waals surface area contributed by atoms with Crippen molar-refractivity contribution in [1.82, 2.24) is 0 Å². The van der Waals surface area contributed by atoms with Gasteiger partial charge in [-0.3, -0.25) is 0 Å². The predicted molar refractivity (Wildman–Crippen MR) is 80.1 cm³/mol. The average Bonchev–Trinajstić information content (AvgIpc) is 2.58. The molecule has 92 valence electrons. The Morgan fingerprint density at radius 1 is 1.00 bits per heavy atom. The van der Waals surface area contributed by atoms with Crippen LogP contribution in [-0.4, -0.2) is 8.07 Å².